The molecule has 0 aliphatic carbocycles. The number of carbonyl (C=O) groups is 1. The maximum Gasteiger partial charge on any atom is 0.255 e. The van der Waals surface area contributed by atoms with Crippen LogP contribution in [0.2, 0.25) is 0 Å². The first-order valence-corrected chi connectivity index (χ1v) is 10.8. The van der Waals surface area contributed by atoms with Crippen LogP contribution in [0.4, 0.5) is 17.2 Å². The number of hydrogen-bond acceptors (Lipinski definition) is 6. The lowest BCUT2D eigenvalue weighted by Crippen LogP contribution is -2.11. The maximum atomic E-state index is 12.6. The molecule has 0 saturated heterocycles. The number of carbonyl (C=O) groups excluding carboxylic acids is 1. The van der Waals surface area contributed by atoms with Gasteiger partial charge in [0.2, 0.25) is 0 Å². The molecule has 7 nitrogen and oxygen atoms in total. The molecule has 0 aliphatic heterocycles. The van der Waals surface area contributed by atoms with Gasteiger partial charge in [0, 0.05) is 40.3 Å². The topological polar surface area (TPSA) is 84.7 Å². The van der Waals surface area contributed by atoms with Gasteiger partial charge in [0.1, 0.15) is 12.1 Å². The lowest BCUT2D eigenvalue weighted by atomic mass is 10.1. The van der Waals surface area contributed by atoms with Gasteiger partial charge in [-0.2, -0.15) is 5.10 Å². The predicted molar refractivity (Wildman–Crippen MR) is 127 cm³/mol. The Balaban J connectivity index is 1.23. The molecule has 0 atom stereocenters. The van der Waals surface area contributed by atoms with E-state index in [0.29, 0.717) is 22.9 Å². The van der Waals surface area contributed by atoms with Crippen LogP contribution in [0.5, 0.6) is 0 Å². The van der Waals surface area contributed by atoms with Crippen molar-refractivity contribution in [2.24, 2.45) is 0 Å². The molecule has 32 heavy (non-hydrogen) atoms. The first-order chi connectivity index (χ1) is 15.7. The summed E-state index contributed by atoms with van der Waals surface area (Å²) in [6.07, 6.45) is 5.00. The van der Waals surface area contributed by atoms with E-state index in [1.54, 1.807) is 22.2 Å². The van der Waals surface area contributed by atoms with Crippen molar-refractivity contribution in [3.8, 4) is 16.3 Å². The zero-order valence-corrected chi connectivity index (χ0v) is 17.7. The molecule has 3 aromatic heterocycles. The summed E-state index contributed by atoms with van der Waals surface area (Å²) in [5, 5.41) is 12.4. The molecule has 0 aliphatic rings. The molecular weight excluding hydrogens is 420 g/mol. The van der Waals surface area contributed by atoms with Gasteiger partial charge in [-0.1, -0.05) is 18.2 Å². The summed E-state index contributed by atoms with van der Waals surface area (Å²) in [5.41, 5.74) is 3.27. The van der Waals surface area contributed by atoms with Crippen molar-refractivity contribution in [2.45, 2.75) is 0 Å². The van der Waals surface area contributed by atoms with E-state index in [1.165, 1.54) is 11.2 Å². The first kappa shape index (κ1) is 19.7. The fourth-order valence-corrected chi connectivity index (χ4v) is 3.89. The first-order valence-electron chi connectivity index (χ1n) is 9.89. The van der Waals surface area contributed by atoms with Gasteiger partial charge >= 0.3 is 0 Å². The average molecular weight is 439 g/mol. The van der Waals surface area contributed by atoms with Crippen molar-refractivity contribution in [2.75, 3.05) is 10.6 Å². The summed E-state index contributed by atoms with van der Waals surface area (Å²) in [7, 11) is 0. The van der Waals surface area contributed by atoms with Gasteiger partial charge in [-0.15, -0.1) is 11.3 Å². The van der Waals surface area contributed by atoms with E-state index >= 15 is 0 Å². The summed E-state index contributed by atoms with van der Waals surface area (Å²) in [5.74, 6) is 1.16. The summed E-state index contributed by atoms with van der Waals surface area (Å²) in [6, 6.07) is 22.8. The average Bonchev–Trinajstić information content (AvgIpc) is 3.55. The van der Waals surface area contributed by atoms with E-state index in [-0.39, 0.29) is 5.91 Å². The molecule has 5 aromatic rings. The van der Waals surface area contributed by atoms with Gasteiger partial charge < -0.3 is 10.6 Å². The van der Waals surface area contributed by atoms with Gasteiger partial charge in [-0.05, 0) is 59.5 Å². The fourth-order valence-electron chi connectivity index (χ4n) is 3.16. The maximum absolute atomic E-state index is 12.6. The Labute approximate surface area is 188 Å². The molecule has 0 bridgehead atoms. The Hall–Kier alpha value is -4.30. The summed E-state index contributed by atoms with van der Waals surface area (Å²) < 4.78 is 1.67. The number of nitrogens with zero attached hydrogens (tertiary/aromatic N) is 4. The van der Waals surface area contributed by atoms with Gasteiger partial charge in [0.25, 0.3) is 5.91 Å². The van der Waals surface area contributed by atoms with Crippen LogP contribution in [-0.2, 0) is 0 Å². The molecule has 5 rings (SSSR count). The molecule has 2 aromatic carbocycles. The highest BCUT2D eigenvalue weighted by Crippen LogP contribution is 2.25. The predicted octanol–water partition coefficient (Wildman–Crippen LogP) is 5.39. The number of nitrogens with one attached hydrogen (secondary N) is 2. The van der Waals surface area contributed by atoms with Crippen LogP contribution in [-0.4, -0.2) is 25.7 Å². The van der Waals surface area contributed by atoms with E-state index in [9.17, 15) is 4.79 Å². The van der Waals surface area contributed by atoms with Crippen LogP contribution in [0, 0.1) is 0 Å². The van der Waals surface area contributed by atoms with Crippen LogP contribution >= 0.6 is 11.3 Å². The quantitative estimate of drug-likeness (QED) is 0.371. The number of rotatable bonds is 6. The van der Waals surface area contributed by atoms with Crippen molar-refractivity contribution < 1.29 is 4.79 Å². The standard InChI is InChI=1S/C24H18N6OS/c31-24(18-6-4-17(5-7-18)21-3-1-14-32-21)29-20-10-8-19(9-11-20)28-22-15-23(26-16-25-22)30-13-2-12-27-30/h1-16H,(H,29,31)(H,25,26,28). The zero-order valence-electron chi connectivity index (χ0n) is 16.8. The minimum absolute atomic E-state index is 0.150. The minimum Gasteiger partial charge on any atom is -0.340 e. The number of hydrogen-bond donors (Lipinski definition) is 2. The second-order valence-electron chi connectivity index (χ2n) is 6.92. The fraction of sp³-hybridized carbons (Fsp3) is 0. The molecule has 156 valence electrons. The van der Waals surface area contributed by atoms with Crippen molar-refractivity contribution in [3.63, 3.8) is 0 Å². The van der Waals surface area contributed by atoms with E-state index < -0.39 is 0 Å². The molecule has 1 amide bonds. The molecule has 0 unspecified atom stereocenters. The third-order valence-electron chi connectivity index (χ3n) is 4.76. The Kier molecular flexibility index (Phi) is 5.42. The van der Waals surface area contributed by atoms with Crippen LogP contribution in [0.25, 0.3) is 16.3 Å². The minimum atomic E-state index is -0.150. The van der Waals surface area contributed by atoms with Gasteiger partial charge in [-0.25, -0.2) is 14.6 Å². The molecular formula is C24H18N6OS. The largest absolute Gasteiger partial charge is 0.340 e. The molecule has 3 heterocycles. The second-order valence-corrected chi connectivity index (χ2v) is 7.87. The van der Waals surface area contributed by atoms with Crippen LogP contribution in [0.15, 0.2) is 96.9 Å². The third kappa shape index (κ3) is 4.40. The highest BCUT2D eigenvalue weighted by atomic mass is 32.1. The third-order valence-corrected chi connectivity index (χ3v) is 5.68. The summed E-state index contributed by atoms with van der Waals surface area (Å²) in [4.78, 5) is 22.2. The molecule has 0 fully saturated rings. The lowest BCUT2D eigenvalue weighted by molar-refractivity contribution is 0.102. The van der Waals surface area contributed by atoms with Crippen LogP contribution in [0.3, 0.4) is 0 Å². The monoisotopic (exact) mass is 438 g/mol. The van der Waals surface area contributed by atoms with E-state index in [0.717, 1.165) is 11.3 Å². The number of amides is 1. The normalized spacial score (nSPS) is 10.6. The van der Waals surface area contributed by atoms with E-state index in [1.807, 2.05) is 78.3 Å². The smallest absolute Gasteiger partial charge is 0.255 e. The Bertz CT molecular complexity index is 1310. The van der Waals surface area contributed by atoms with Crippen LogP contribution in [0.1, 0.15) is 10.4 Å². The SMILES string of the molecule is O=C(Nc1ccc(Nc2cc(-n3cccn3)ncn2)cc1)c1ccc(-c2cccs2)cc1. The number of aromatic nitrogens is 4. The highest BCUT2D eigenvalue weighted by Gasteiger charge is 2.08. The van der Waals surface area contributed by atoms with Crippen molar-refractivity contribution >= 4 is 34.4 Å². The van der Waals surface area contributed by atoms with Crippen molar-refractivity contribution in [3.05, 3.63) is 102 Å². The zero-order chi connectivity index (χ0) is 21.8. The lowest BCUT2D eigenvalue weighted by Gasteiger charge is -2.09. The van der Waals surface area contributed by atoms with Crippen molar-refractivity contribution in [1.82, 2.24) is 19.7 Å². The molecule has 0 radical (unpaired) electrons. The van der Waals surface area contributed by atoms with Gasteiger partial charge in [0.15, 0.2) is 5.82 Å². The second kappa shape index (κ2) is 8.83. The number of thiophene rings is 1. The van der Waals surface area contributed by atoms with Crippen LogP contribution < -0.4 is 10.6 Å². The molecule has 0 spiro atoms. The van der Waals surface area contributed by atoms with Crippen molar-refractivity contribution in [1.29, 1.82) is 0 Å². The summed E-state index contributed by atoms with van der Waals surface area (Å²) in [6.45, 7) is 0. The molecule has 2 N–H and O–H groups in total. The van der Waals surface area contributed by atoms with E-state index in [2.05, 4.69) is 31.8 Å². The number of benzene rings is 2. The Morgan fingerprint density at radius 1 is 0.906 bits per heavy atom. The Morgan fingerprint density at radius 3 is 2.44 bits per heavy atom. The molecule has 0 saturated carbocycles. The molecule has 8 heteroatoms. The summed E-state index contributed by atoms with van der Waals surface area (Å²) >= 11 is 1.68. The van der Waals surface area contributed by atoms with Gasteiger partial charge in [0.05, 0.1) is 0 Å². The highest BCUT2D eigenvalue weighted by molar-refractivity contribution is 7.13. The Morgan fingerprint density at radius 2 is 1.72 bits per heavy atom. The number of anilines is 3. The van der Waals surface area contributed by atoms with Gasteiger partial charge in [-0.3, -0.25) is 4.79 Å². The van der Waals surface area contributed by atoms with E-state index in [4.69, 9.17) is 0 Å².